The van der Waals surface area contributed by atoms with E-state index in [1.807, 2.05) is 0 Å². The van der Waals surface area contributed by atoms with Crippen LogP contribution in [0.1, 0.15) is 32.1 Å². The van der Waals surface area contributed by atoms with Gasteiger partial charge in [-0.25, -0.2) is 8.42 Å². The van der Waals surface area contributed by atoms with Gasteiger partial charge in [0.2, 0.25) is 10.0 Å². The monoisotopic (exact) mass is 325 g/mol. The van der Waals surface area contributed by atoms with E-state index in [-0.39, 0.29) is 11.3 Å². The van der Waals surface area contributed by atoms with Crippen LogP contribution in [0.25, 0.3) is 0 Å². The van der Waals surface area contributed by atoms with Crippen LogP contribution in [0.2, 0.25) is 0 Å². The maximum Gasteiger partial charge on any atom is 0.217 e. The smallest absolute Gasteiger partial charge is 0.217 e. The standard InChI is InChI=1S/C11H20BrNO3S/c12-6-7-13(10-2-1-3-10)17(14,15)11-4-8-16-9-5-11/h10-11H,1-9H2. The van der Waals surface area contributed by atoms with Gasteiger partial charge in [0.25, 0.3) is 0 Å². The van der Waals surface area contributed by atoms with E-state index in [2.05, 4.69) is 15.9 Å². The molecule has 0 bridgehead atoms. The van der Waals surface area contributed by atoms with Crippen molar-refractivity contribution in [3.63, 3.8) is 0 Å². The number of alkyl halides is 1. The highest BCUT2D eigenvalue weighted by Gasteiger charge is 2.38. The zero-order chi connectivity index (χ0) is 12.3. The van der Waals surface area contributed by atoms with Crippen molar-refractivity contribution in [3.8, 4) is 0 Å². The molecule has 0 atom stereocenters. The summed E-state index contributed by atoms with van der Waals surface area (Å²) in [6, 6.07) is 0.250. The Balaban J connectivity index is 2.08. The summed E-state index contributed by atoms with van der Waals surface area (Å²) < 4.78 is 32.1. The van der Waals surface area contributed by atoms with Crippen LogP contribution in [0.5, 0.6) is 0 Å². The fraction of sp³-hybridized carbons (Fsp3) is 1.00. The molecule has 0 radical (unpaired) electrons. The first-order valence-corrected chi connectivity index (χ1v) is 8.93. The number of halogens is 1. The largest absolute Gasteiger partial charge is 0.381 e. The molecule has 100 valence electrons. The molecule has 0 amide bonds. The van der Waals surface area contributed by atoms with Crippen LogP contribution in [-0.2, 0) is 14.8 Å². The molecule has 2 fully saturated rings. The molecule has 4 nitrogen and oxygen atoms in total. The highest BCUT2D eigenvalue weighted by Crippen LogP contribution is 2.30. The van der Waals surface area contributed by atoms with Crippen molar-refractivity contribution >= 4 is 26.0 Å². The molecule has 0 aromatic carbocycles. The Hall–Kier alpha value is 0.350. The molecule has 2 rings (SSSR count). The third kappa shape index (κ3) is 3.03. The molecular weight excluding hydrogens is 306 g/mol. The first-order chi connectivity index (χ1) is 8.16. The number of hydrogen-bond donors (Lipinski definition) is 0. The van der Waals surface area contributed by atoms with Gasteiger partial charge in [0.05, 0.1) is 5.25 Å². The third-order valence-electron chi connectivity index (χ3n) is 3.70. The first-order valence-electron chi connectivity index (χ1n) is 6.30. The minimum absolute atomic E-state index is 0.226. The van der Waals surface area contributed by atoms with Crippen molar-refractivity contribution in [2.75, 3.05) is 25.1 Å². The number of sulfonamides is 1. The summed E-state index contributed by atoms with van der Waals surface area (Å²) in [6.45, 7) is 1.76. The summed E-state index contributed by atoms with van der Waals surface area (Å²) in [5.41, 5.74) is 0. The summed E-state index contributed by atoms with van der Waals surface area (Å²) in [4.78, 5) is 0. The SMILES string of the molecule is O=S(=O)(C1CCOCC1)N(CCBr)C1CCC1. The fourth-order valence-electron chi connectivity index (χ4n) is 2.44. The van der Waals surface area contributed by atoms with E-state index in [4.69, 9.17) is 4.74 Å². The van der Waals surface area contributed by atoms with Gasteiger partial charge in [0.15, 0.2) is 0 Å². The maximum absolute atomic E-state index is 12.6. The Morgan fingerprint density at radius 3 is 2.29 bits per heavy atom. The number of hydrogen-bond acceptors (Lipinski definition) is 3. The molecule has 0 aromatic heterocycles. The second-order valence-electron chi connectivity index (χ2n) is 4.74. The molecule has 1 saturated carbocycles. The van der Waals surface area contributed by atoms with Gasteiger partial charge in [0, 0.05) is 31.1 Å². The van der Waals surface area contributed by atoms with Crippen LogP contribution in [0.3, 0.4) is 0 Å². The zero-order valence-corrected chi connectivity index (χ0v) is 12.4. The van der Waals surface area contributed by atoms with Crippen LogP contribution >= 0.6 is 15.9 Å². The number of ether oxygens (including phenoxy) is 1. The van der Waals surface area contributed by atoms with Crippen LogP contribution in [0, 0.1) is 0 Å². The van der Waals surface area contributed by atoms with E-state index < -0.39 is 10.0 Å². The predicted molar refractivity (Wildman–Crippen MR) is 70.9 cm³/mol. The Morgan fingerprint density at radius 2 is 1.82 bits per heavy atom. The molecular formula is C11H20BrNO3S. The molecule has 0 N–H and O–H groups in total. The van der Waals surface area contributed by atoms with Crippen LogP contribution in [-0.4, -0.2) is 49.1 Å². The summed E-state index contributed by atoms with van der Waals surface area (Å²) in [7, 11) is -3.12. The summed E-state index contributed by atoms with van der Waals surface area (Å²) in [5, 5.41) is 0.488. The molecule has 1 aliphatic carbocycles. The van der Waals surface area contributed by atoms with E-state index in [1.165, 1.54) is 0 Å². The molecule has 1 aliphatic heterocycles. The average Bonchev–Trinajstić information content (AvgIpc) is 2.27. The van der Waals surface area contributed by atoms with E-state index >= 15 is 0 Å². The van der Waals surface area contributed by atoms with Gasteiger partial charge < -0.3 is 4.74 Å². The van der Waals surface area contributed by atoms with Gasteiger partial charge >= 0.3 is 0 Å². The molecule has 0 aromatic rings. The van der Waals surface area contributed by atoms with Gasteiger partial charge in [-0.15, -0.1) is 0 Å². The third-order valence-corrected chi connectivity index (χ3v) is 6.51. The van der Waals surface area contributed by atoms with Crippen molar-refractivity contribution in [1.29, 1.82) is 0 Å². The average molecular weight is 326 g/mol. The topological polar surface area (TPSA) is 46.6 Å². The molecule has 1 heterocycles. The lowest BCUT2D eigenvalue weighted by molar-refractivity contribution is 0.0961. The molecule has 0 unspecified atom stereocenters. The second-order valence-corrected chi connectivity index (χ2v) is 7.70. The first kappa shape index (κ1) is 13.8. The summed E-state index contributed by atoms with van der Waals surface area (Å²) in [5.74, 6) is 0. The summed E-state index contributed by atoms with van der Waals surface area (Å²) >= 11 is 3.36. The Morgan fingerprint density at radius 1 is 1.18 bits per heavy atom. The molecule has 6 heteroatoms. The lowest BCUT2D eigenvalue weighted by Crippen LogP contribution is -2.49. The second kappa shape index (κ2) is 5.99. The van der Waals surface area contributed by atoms with E-state index in [9.17, 15) is 8.42 Å². The zero-order valence-electron chi connectivity index (χ0n) is 9.98. The Kier molecular flexibility index (Phi) is 4.86. The minimum Gasteiger partial charge on any atom is -0.381 e. The van der Waals surface area contributed by atoms with Gasteiger partial charge in [-0.2, -0.15) is 4.31 Å². The van der Waals surface area contributed by atoms with Crippen molar-refractivity contribution in [2.45, 2.75) is 43.4 Å². The normalized spacial score (nSPS) is 23.9. The van der Waals surface area contributed by atoms with Crippen molar-refractivity contribution < 1.29 is 13.2 Å². The molecule has 1 saturated heterocycles. The Labute approximate surface area is 112 Å². The Bertz CT molecular complexity index is 337. The van der Waals surface area contributed by atoms with Crippen LogP contribution < -0.4 is 0 Å². The van der Waals surface area contributed by atoms with E-state index in [0.29, 0.717) is 37.9 Å². The highest BCUT2D eigenvalue weighted by atomic mass is 79.9. The van der Waals surface area contributed by atoms with Crippen LogP contribution in [0.15, 0.2) is 0 Å². The van der Waals surface area contributed by atoms with E-state index in [0.717, 1.165) is 19.3 Å². The lowest BCUT2D eigenvalue weighted by Gasteiger charge is -2.39. The number of rotatable bonds is 5. The molecule has 0 spiro atoms. The minimum atomic E-state index is -3.12. The van der Waals surface area contributed by atoms with Gasteiger partial charge in [0.1, 0.15) is 0 Å². The lowest BCUT2D eigenvalue weighted by atomic mass is 9.93. The predicted octanol–water partition coefficient (Wildman–Crippen LogP) is 1.74. The van der Waals surface area contributed by atoms with Crippen molar-refractivity contribution in [2.24, 2.45) is 0 Å². The quantitative estimate of drug-likeness (QED) is 0.723. The number of nitrogens with zero attached hydrogens (tertiary/aromatic N) is 1. The summed E-state index contributed by atoms with van der Waals surface area (Å²) in [6.07, 6.45) is 4.50. The van der Waals surface area contributed by atoms with Crippen molar-refractivity contribution in [1.82, 2.24) is 4.31 Å². The van der Waals surface area contributed by atoms with E-state index in [1.54, 1.807) is 4.31 Å². The maximum atomic E-state index is 12.6. The molecule has 2 aliphatic rings. The fourth-order valence-corrected chi connectivity index (χ4v) is 5.20. The highest BCUT2D eigenvalue weighted by molar-refractivity contribution is 9.09. The van der Waals surface area contributed by atoms with Crippen molar-refractivity contribution in [3.05, 3.63) is 0 Å². The van der Waals surface area contributed by atoms with Crippen LogP contribution in [0.4, 0.5) is 0 Å². The van der Waals surface area contributed by atoms with Gasteiger partial charge in [-0.3, -0.25) is 0 Å². The molecule has 17 heavy (non-hydrogen) atoms. The van der Waals surface area contributed by atoms with Gasteiger partial charge in [-0.05, 0) is 25.7 Å². The van der Waals surface area contributed by atoms with Gasteiger partial charge in [-0.1, -0.05) is 22.4 Å².